The van der Waals surface area contributed by atoms with Gasteiger partial charge in [0.15, 0.2) is 0 Å². The maximum atomic E-state index is 10.9. The minimum atomic E-state index is -0.784. The summed E-state index contributed by atoms with van der Waals surface area (Å²) in [6.07, 6.45) is 4.68. The maximum absolute atomic E-state index is 10.9. The molecule has 0 bridgehead atoms. The van der Waals surface area contributed by atoms with Crippen molar-refractivity contribution in [3.63, 3.8) is 0 Å². The first-order valence-corrected chi connectivity index (χ1v) is 9.44. The summed E-state index contributed by atoms with van der Waals surface area (Å²) >= 11 is 0. The SMILES string of the molecule is CC1(C)[C@H](O)CC[C@@]2(C)[C@H]3CC[C@](C)([C@@H](O)CO)C=C3[C@@H](O)C[C@@H]12. The maximum Gasteiger partial charge on any atom is 0.0858 e. The van der Waals surface area contributed by atoms with Crippen LogP contribution in [0, 0.1) is 28.1 Å². The first kappa shape index (κ1) is 18.4. The zero-order valence-corrected chi connectivity index (χ0v) is 15.5. The average molecular weight is 338 g/mol. The van der Waals surface area contributed by atoms with E-state index in [9.17, 15) is 20.4 Å². The number of hydrogen-bond donors (Lipinski definition) is 4. The molecule has 3 rings (SSSR count). The third-order valence-electron chi connectivity index (χ3n) is 7.95. The Morgan fingerprint density at radius 3 is 2.42 bits per heavy atom. The van der Waals surface area contributed by atoms with Gasteiger partial charge in [0.2, 0.25) is 0 Å². The van der Waals surface area contributed by atoms with Crippen molar-refractivity contribution in [1.82, 2.24) is 0 Å². The van der Waals surface area contributed by atoms with Crippen LogP contribution >= 0.6 is 0 Å². The molecular weight excluding hydrogens is 304 g/mol. The summed E-state index contributed by atoms with van der Waals surface area (Å²) in [5, 5.41) is 41.0. The molecule has 0 radical (unpaired) electrons. The van der Waals surface area contributed by atoms with Crippen LogP contribution in [0.2, 0.25) is 0 Å². The molecule has 0 spiro atoms. The van der Waals surface area contributed by atoms with E-state index in [1.807, 2.05) is 6.92 Å². The predicted octanol–water partition coefficient (Wildman–Crippen LogP) is 2.25. The van der Waals surface area contributed by atoms with Gasteiger partial charge in [0.25, 0.3) is 0 Å². The van der Waals surface area contributed by atoms with Crippen LogP contribution in [0.25, 0.3) is 0 Å². The lowest BCUT2D eigenvalue weighted by Crippen LogP contribution is -2.58. The monoisotopic (exact) mass is 338 g/mol. The highest BCUT2D eigenvalue weighted by atomic mass is 16.3. The molecule has 4 nitrogen and oxygen atoms in total. The summed E-state index contributed by atoms with van der Waals surface area (Å²) in [6.45, 7) is 8.35. The molecule has 0 aliphatic heterocycles. The van der Waals surface area contributed by atoms with Crippen LogP contribution < -0.4 is 0 Å². The lowest BCUT2D eigenvalue weighted by Gasteiger charge is -2.62. The van der Waals surface area contributed by atoms with Gasteiger partial charge in [-0.3, -0.25) is 0 Å². The van der Waals surface area contributed by atoms with Gasteiger partial charge in [0, 0.05) is 5.41 Å². The summed E-state index contributed by atoms with van der Waals surface area (Å²) < 4.78 is 0. The van der Waals surface area contributed by atoms with Crippen molar-refractivity contribution < 1.29 is 20.4 Å². The Bertz CT molecular complexity index is 528. The Morgan fingerprint density at radius 2 is 1.79 bits per heavy atom. The average Bonchev–Trinajstić information content (AvgIpc) is 2.53. The first-order valence-electron chi connectivity index (χ1n) is 9.44. The summed E-state index contributed by atoms with van der Waals surface area (Å²) in [4.78, 5) is 0. The lowest BCUT2D eigenvalue weighted by atomic mass is 9.44. The quantitative estimate of drug-likeness (QED) is 0.582. The van der Waals surface area contributed by atoms with Gasteiger partial charge in [-0.05, 0) is 60.3 Å². The largest absolute Gasteiger partial charge is 0.394 e. The van der Waals surface area contributed by atoms with Crippen LogP contribution in [0.4, 0.5) is 0 Å². The van der Waals surface area contributed by atoms with E-state index >= 15 is 0 Å². The molecule has 0 aromatic carbocycles. The zero-order valence-electron chi connectivity index (χ0n) is 15.5. The van der Waals surface area contributed by atoms with E-state index in [2.05, 4.69) is 26.8 Å². The fraction of sp³-hybridized carbons (Fsp3) is 0.900. The van der Waals surface area contributed by atoms with Crippen LogP contribution in [0.1, 0.15) is 59.8 Å². The van der Waals surface area contributed by atoms with Crippen LogP contribution in [-0.2, 0) is 0 Å². The highest BCUT2D eigenvalue weighted by Gasteiger charge is 2.59. The van der Waals surface area contributed by atoms with Gasteiger partial charge in [0.05, 0.1) is 24.9 Å². The summed E-state index contributed by atoms with van der Waals surface area (Å²) in [7, 11) is 0. The van der Waals surface area contributed by atoms with E-state index in [1.165, 1.54) is 0 Å². The molecule has 7 atom stereocenters. The summed E-state index contributed by atoms with van der Waals surface area (Å²) in [6, 6.07) is 0. The van der Waals surface area contributed by atoms with Gasteiger partial charge >= 0.3 is 0 Å². The molecule has 138 valence electrons. The molecular formula is C20H34O4. The molecule has 0 amide bonds. The van der Waals surface area contributed by atoms with Gasteiger partial charge in [-0.15, -0.1) is 0 Å². The Morgan fingerprint density at radius 1 is 1.12 bits per heavy atom. The van der Waals surface area contributed by atoms with Crippen molar-refractivity contribution in [2.24, 2.45) is 28.1 Å². The summed E-state index contributed by atoms with van der Waals surface area (Å²) in [5.41, 5.74) is 0.487. The van der Waals surface area contributed by atoms with Crippen molar-refractivity contribution >= 4 is 0 Å². The van der Waals surface area contributed by atoms with Crippen LogP contribution in [-0.4, -0.2) is 45.3 Å². The molecule has 0 saturated heterocycles. The van der Waals surface area contributed by atoms with Crippen LogP contribution in [0.3, 0.4) is 0 Å². The Labute approximate surface area is 145 Å². The van der Waals surface area contributed by atoms with Gasteiger partial charge in [-0.25, -0.2) is 0 Å². The van der Waals surface area contributed by atoms with Gasteiger partial charge in [-0.2, -0.15) is 0 Å². The topological polar surface area (TPSA) is 80.9 Å². The molecule has 4 N–H and O–H groups in total. The van der Waals surface area contributed by atoms with Crippen LogP contribution in [0.15, 0.2) is 11.6 Å². The molecule has 24 heavy (non-hydrogen) atoms. The first-order chi connectivity index (χ1) is 11.1. The normalized spacial score (nSPS) is 48.9. The van der Waals surface area contributed by atoms with E-state index in [1.54, 1.807) is 0 Å². The zero-order chi connectivity index (χ0) is 17.9. The second-order valence-electron chi connectivity index (χ2n) is 9.63. The molecule has 0 aromatic rings. The minimum Gasteiger partial charge on any atom is -0.394 e. The standard InChI is InChI=1S/C20H34O4/c1-18(2)15-9-14(22)12-10-19(3,17(24)11-21)7-5-13(12)20(15,4)8-6-16(18)23/h10,13-17,21-24H,5-9,11H2,1-4H3/t13-,14-,15-,16+,17-,19-,20-/m0/s1. The van der Waals surface area contributed by atoms with E-state index in [4.69, 9.17) is 0 Å². The molecule has 0 heterocycles. The number of aliphatic hydroxyl groups is 4. The van der Waals surface area contributed by atoms with E-state index in [-0.39, 0.29) is 29.5 Å². The molecule has 2 fully saturated rings. The Hall–Kier alpha value is -0.420. The molecule has 3 aliphatic carbocycles. The van der Waals surface area contributed by atoms with Crippen molar-refractivity contribution in [1.29, 1.82) is 0 Å². The Balaban J connectivity index is 2.00. The molecule has 4 heteroatoms. The number of fused-ring (bicyclic) bond motifs is 3. The fourth-order valence-electron chi connectivity index (χ4n) is 6.11. The smallest absolute Gasteiger partial charge is 0.0858 e. The molecule has 0 aromatic heterocycles. The van der Waals surface area contributed by atoms with Gasteiger partial charge in [-0.1, -0.05) is 33.8 Å². The number of rotatable bonds is 2. The molecule has 0 unspecified atom stereocenters. The van der Waals surface area contributed by atoms with E-state index in [0.29, 0.717) is 12.3 Å². The lowest BCUT2D eigenvalue weighted by molar-refractivity contribution is -0.145. The Kier molecular flexibility index (Phi) is 4.44. The van der Waals surface area contributed by atoms with Crippen molar-refractivity contribution in [3.8, 4) is 0 Å². The minimum absolute atomic E-state index is 0.0826. The van der Waals surface area contributed by atoms with Crippen molar-refractivity contribution in [2.45, 2.75) is 78.1 Å². The summed E-state index contributed by atoms with van der Waals surface area (Å²) in [5.74, 6) is 0.593. The number of hydrogen-bond acceptors (Lipinski definition) is 4. The van der Waals surface area contributed by atoms with Gasteiger partial charge < -0.3 is 20.4 Å². The van der Waals surface area contributed by atoms with Crippen LogP contribution in [0.5, 0.6) is 0 Å². The van der Waals surface area contributed by atoms with Crippen molar-refractivity contribution in [2.75, 3.05) is 6.61 Å². The predicted molar refractivity (Wildman–Crippen MR) is 93.2 cm³/mol. The van der Waals surface area contributed by atoms with Crippen molar-refractivity contribution in [3.05, 3.63) is 11.6 Å². The highest BCUT2D eigenvalue weighted by Crippen LogP contribution is 2.63. The third-order valence-corrected chi connectivity index (χ3v) is 7.95. The second kappa shape index (κ2) is 5.80. The second-order valence-corrected chi connectivity index (χ2v) is 9.63. The van der Waals surface area contributed by atoms with Gasteiger partial charge in [0.1, 0.15) is 0 Å². The van der Waals surface area contributed by atoms with E-state index < -0.39 is 17.6 Å². The fourth-order valence-corrected chi connectivity index (χ4v) is 6.11. The molecule has 2 saturated carbocycles. The third kappa shape index (κ3) is 2.49. The highest BCUT2D eigenvalue weighted by molar-refractivity contribution is 5.28. The van der Waals surface area contributed by atoms with E-state index in [0.717, 1.165) is 31.3 Å². The molecule has 3 aliphatic rings. The number of aliphatic hydroxyl groups excluding tert-OH is 4.